The third-order valence-corrected chi connectivity index (χ3v) is 10.3. The molecule has 136 valence electrons. The summed E-state index contributed by atoms with van der Waals surface area (Å²) in [6.07, 6.45) is 20.0. The van der Waals surface area contributed by atoms with Crippen molar-refractivity contribution in [3.63, 3.8) is 0 Å². The van der Waals surface area contributed by atoms with Gasteiger partial charge in [-0.2, -0.15) is 0 Å². The topological polar surface area (TPSA) is 18.5 Å². The van der Waals surface area contributed by atoms with E-state index in [1.807, 2.05) is 14.2 Å². The Hall–Kier alpha value is 0.137. The fourth-order valence-electron chi connectivity index (χ4n) is 4.87. The van der Waals surface area contributed by atoms with Gasteiger partial charge < -0.3 is 8.85 Å². The van der Waals surface area contributed by atoms with Crippen molar-refractivity contribution in [2.75, 3.05) is 14.2 Å². The Kier molecular flexibility index (Phi) is 9.21. The van der Waals surface area contributed by atoms with E-state index in [9.17, 15) is 0 Å². The molecule has 2 rings (SSSR count). The van der Waals surface area contributed by atoms with E-state index < -0.39 is 8.56 Å². The highest BCUT2D eigenvalue weighted by Gasteiger charge is 2.40. The summed E-state index contributed by atoms with van der Waals surface area (Å²) in [6.45, 7) is 0. The second-order valence-electron chi connectivity index (χ2n) is 8.15. The molecule has 0 heterocycles. The lowest BCUT2D eigenvalue weighted by molar-refractivity contribution is 0.216. The number of hydrogen-bond donors (Lipinski definition) is 0. The highest BCUT2D eigenvalue weighted by atomic mass is 28.4. The normalized spacial score (nSPS) is 23.7. The van der Waals surface area contributed by atoms with E-state index in [-0.39, 0.29) is 0 Å². The molecule has 0 N–H and O–H groups in total. The maximum Gasteiger partial charge on any atom is 0.338 e. The van der Waals surface area contributed by atoms with Gasteiger partial charge in [0.25, 0.3) is 0 Å². The van der Waals surface area contributed by atoms with Crippen LogP contribution in [-0.2, 0) is 8.85 Å². The van der Waals surface area contributed by atoms with E-state index in [2.05, 4.69) is 0 Å². The molecule has 0 radical (unpaired) electrons. The predicted molar refractivity (Wildman–Crippen MR) is 101 cm³/mol. The molecule has 0 spiro atoms. The van der Waals surface area contributed by atoms with Crippen molar-refractivity contribution in [3.05, 3.63) is 0 Å². The van der Waals surface area contributed by atoms with E-state index in [4.69, 9.17) is 8.85 Å². The number of hydrogen-bond acceptors (Lipinski definition) is 2. The molecule has 2 fully saturated rings. The molecule has 3 heteroatoms. The average molecular weight is 341 g/mol. The Morgan fingerprint density at radius 3 is 1.17 bits per heavy atom. The first-order valence-corrected chi connectivity index (χ1v) is 12.6. The molecule has 0 amide bonds. The lowest BCUT2D eigenvalue weighted by Gasteiger charge is -2.35. The van der Waals surface area contributed by atoms with Gasteiger partial charge in [0.1, 0.15) is 0 Å². The highest BCUT2D eigenvalue weighted by molar-refractivity contribution is 6.67. The zero-order valence-corrected chi connectivity index (χ0v) is 16.8. The summed E-state index contributed by atoms with van der Waals surface area (Å²) in [5.41, 5.74) is 0. The Labute approximate surface area is 146 Å². The molecule has 0 atom stereocenters. The van der Waals surface area contributed by atoms with Crippen molar-refractivity contribution in [1.29, 1.82) is 0 Å². The summed E-state index contributed by atoms with van der Waals surface area (Å²) in [5, 5.41) is 0. The third-order valence-electron chi connectivity index (χ3n) is 6.39. The largest absolute Gasteiger partial charge is 0.398 e. The Morgan fingerprint density at radius 1 is 0.565 bits per heavy atom. The van der Waals surface area contributed by atoms with E-state index in [0.29, 0.717) is 0 Å². The SMILES string of the molecule is CO[Si](CC1CCCCCCC1)(CC1CCCCCCC1)OC. The van der Waals surface area contributed by atoms with Crippen molar-refractivity contribution in [2.24, 2.45) is 11.8 Å². The minimum Gasteiger partial charge on any atom is -0.398 e. The van der Waals surface area contributed by atoms with Crippen LogP contribution in [0.4, 0.5) is 0 Å². The first kappa shape index (κ1) is 19.5. The van der Waals surface area contributed by atoms with Gasteiger partial charge in [0.15, 0.2) is 0 Å². The van der Waals surface area contributed by atoms with Crippen molar-refractivity contribution < 1.29 is 8.85 Å². The molecule has 2 nitrogen and oxygen atoms in total. The summed E-state index contributed by atoms with van der Waals surface area (Å²) in [7, 11) is 1.87. The lowest BCUT2D eigenvalue weighted by Crippen LogP contribution is -2.43. The second kappa shape index (κ2) is 10.9. The van der Waals surface area contributed by atoms with Gasteiger partial charge in [-0.15, -0.1) is 0 Å². The van der Waals surface area contributed by atoms with Crippen LogP contribution in [0.15, 0.2) is 0 Å². The van der Waals surface area contributed by atoms with Gasteiger partial charge in [-0.25, -0.2) is 0 Å². The third kappa shape index (κ3) is 6.87. The zero-order chi connectivity index (χ0) is 16.4. The highest BCUT2D eigenvalue weighted by Crippen LogP contribution is 2.36. The smallest absolute Gasteiger partial charge is 0.338 e. The van der Waals surface area contributed by atoms with Gasteiger partial charge >= 0.3 is 8.56 Å². The molecule has 0 aromatic heterocycles. The first-order chi connectivity index (χ1) is 11.3. The second-order valence-corrected chi connectivity index (χ2v) is 11.6. The summed E-state index contributed by atoms with van der Waals surface area (Å²) in [5.74, 6) is 1.71. The van der Waals surface area contributed by atoms with E-state index in [1.54, 1.807) is 0 Å². The molecule has 0 unspecified atom stereocenters. The van der Waals surface area contributed by atoms with Crippen LogP contribution in [0.25, 0.3) is 0 Å². The van der Waals surface area contributed by atoms with Gasteiger partial charge in [0.05, 0.1) is 0 Å². The monoisotopic (exact) mass is 340 g/mol. The molecule has 23 heavy (non-hydrogen) atoms. The number of rotatable bonds is 6. The van der Waals surface area contributed by atoms with Gasteiger partial charge in [-0.3, -0.25) is 0 Å². The van der Waals surface area contributed by atoms with Gasteiger partial charge in [0, 0.05) is 14.2 Å². The minimum atomic E-state index is -2.00. The van der Waals surface area contributed by atoms with Crippen LogP contribution in [0, 0.1) is 11.8 Å². The maximum atomic E-state index is 6.15. The van der Waals surface area contributed by atoms with Crippen LogP contribution < -0.4 is 0 Å². The van der Waals surface area contributed by atoms with Crippen LogP contribution in [0.5, 0.6) is 0 Å². The summed E-state index contributed by atoms with van der Waals surface area (Å²) >= 11 is 0. The fourth-order valence-corrected chi connectivity index (χ4v) is 8.45. The molecular formula is C20H40O2Si. The van der Waals surface area contributed by atoms with Gasteiger partial charge in [-0.1, -0.05) is 89.9 Å². The molecule has 0 aliphatic heterocycles. The maximum absolute atomic E-state index is 6.15. The van der Waals surface area contributed by atoms with E-state index in [1.165, 1.54) is 102 Å². The molecule has 2 aliphatic carbocycles. The predicted octanol–water partition coefficient (Wildman–Crippen LogP) is 6.44. The van der Waals surface area contributed by atoms with Gasteiger partial charge in [-0.05, 0) is 23.9 Å². The van der Waals surface area contributed by atoms with E-state index in [0.717, 1.165) is 11.8 Å². The first-order valence-electron chi connectivity index (χ1n) is 10.4. The molecule has 0 bridgehead atoms. The summed E-state index contributed by atoms with van der Waals surface area (Å²) in [6, 6.07) is 2.49. The van der Waals surface area contributed by atoms with Crippen LogP contribution in [0.3, 0.4) is 0 Å². The van der Waals surface area contributed by atoms with E-state index >= 15 is 0 Å². The Balaban J connectivity index is 1.92. The quantitative estimate of drug-likeness (QED) is 0.518. The van der Waals surface area contributed by atoms with Crippen LogP contribution >= 0.6 is 0 Å². The molecule has 2 saturated carbocycles. The minimum absolute atomic E-state index is 0.857. The molecular weight excluding hydrogens is 300 g/mol. The summed E-state index contributed by atoms with van der Waals surface area (Å²) in [4.78, 5) is 0. The zero-order valence-electron chi connectivity index (χ0n) is 15.8. The van der Waals surface area contributed by atoms with Crippen molar-refractivity contribution in [2.45, 2.75) is 102 Å². The van der Waals surface area contributed by atoms with Crippen LogP contribution in [-0.4, -0.2) is 22.8 Å². The lowest BCUT2D eigenvalue weighted by atomic mass is 9.92. The summed E-state index contributed by atoms with van der Waals surface area (Å²) < 4.78 is 12.3. The van der Waals surface area contributed by atoms with Crippen LogP contribution in [0.2, 0.25) is 12.1 Å². The van der Waals surface area contributed by atoms with Crippen LogP contribution in [0.1, 0.15) is 89.9 Å². The van der Waals surface area contributed by atoms with Crippen molar-refractivity contribution in [1.82, 2.24) is 0 Å². The molecule has 0 saturated heterocycles. The van der Waals surface area contributed by atoms with Crippen molar-refractivity contribution >= 4 is 8.56 Å². The molecule has 0 aromatic rings. The standard InChI is InChI=1S/C20H40O2Si/c1-21-23(22-2,17-19-13-9-5-3-6-10-14-19)18-20-15-11-7-4-8-12-16-20/h19-20H,3-18H2,1-2H3. The van der Waals surface area contributed by atoms with Gasteiger partial charge in [0.2, 0.25) is 0 Å². The Morgan fingerprint density at radius 2 is 0.870 bits per heavy atom. The molecule has 0 aromatic carbocycles. The fraction of sp³-hybridized carbons (Fsp3) is 1.00. The average Bonchev–Trinajstić information content (AvgIpc) is 2.51. The van der Waals surface area contributed by atoms with Crippen molar-refractivity contribution in [3.8, 4) is 0 Å². The Bertz CT molecular complexity index is 262. The molecule has 2 aliphatic rings.